The van der Waals surface area contributed by atoms with E-state index in [4.69, 9.17) is 9.15 Å². The van der Waals surface area contributed by atoms with Crippen LogP contribution < -0.4 is 10.7 Å². The summed E-state index contributed by atoms with van der Waals surface area (Å²) in [5.74, 6) is -0.357. The Kier molecular flexibility index (Phi) is 5.13. The van der Waals surface area contributed by atoms with E-state index in [1.807, 2.05) is 0 Å². The number of methoxy groups -OCH3 is 1. The summed E-state index contributed by atoms with van der Waals surface area (Å²) in [5, 5.41) is 12.4. The number of ether oxygens (including phenoxy) is 1. The van der Waals surface area contributed by atoms with Crippen LogP contribution in [0.4, 0.5) is 0 Å². The molecule has 1 heterocycles. The number of nitrogens with one attached hydrogen (secondary N) is 1. The second-order valence-corrected chi connectivity index (χ2v) is 4.98. The van der Waals surface area contributed by atoms with Crippen LogP contribution in [-0.2, 0) is 16.0 Å². The standard InChI is InChI=1S/C16H17NO6/c1-9-11(7-14(20)17-5-6-22-2)15(21)10-3-4-13(19)12(8-18)16(10)23-9/h3-4,8,19H,5-7H2,1-2H3,(H,17,20). The lowest BCUT2D eigenvalue weighted by atomic mass is 10.0. The molecule has 1 amide bonds. The molecule has 0 bridgehead atoms. The van der Waals surface area contributed by atoms with Gasteiger partial charge in [-0.15, -0.1) is 0 Å². The Hall–Kier alpha value is -2.67. The highest BCUT2D eigenvalue weighted by Crippen LogP contribution is 2.25. The van der Waals surface area contributed by atoms with Crippen LogP contribution in [0.25, 0.3) is 11.0 Å². The van der Waals surface area contributed by atoms with E-state index < -0.39 is 5.43 Å². The van der Waals surface area contributed by atoms with Crippen molar-refractivity contribution in [1.82, 2.24) is 5.32 Å². The van der Waals surface area contributed by atoms with Crippen LogP contribution in [-0.4, -0.2) is 37.6 Å². The fourth-order valence-electron chi connectivity index (χ4n) is 2.25. The number of aromatic hydroxyl groups is 1. The molecule has 0 spiro atoms. The van der Waals surface area contributed by atoms with Gasteiger partial charge in [-0.05, 0) is 19.1 Å². The van der Waals surface area contributed by atoms with E-state index in [0.717, 1.165) is 0 Å². The van der Waals surface area contributed by atoms with E-state index in [9.17, 15) is 19.5 Å². The Balaban J connectivity index is 2.43. The fraction of sp³-hybridized carbons (Fsp3) is 0.312. The molecule has 0 fully saturated rings. The molecule has 23 heavy (non-hydrogen) atoms. The minimum atomic E-state index is -0.395. The lowest BCUT2D eigenvalue weighted by molar-refractivity contribution is -0.120. The van der Waals surface area contributed by atoms with E-state index in [1.165, 1.54) is 26.2 Å². The lowest BCUT2D eigenvalue weighted by Gasteiger charge is -2.09. The van der Waals surface area contributed by atoms with Crippen LogP contribution in [0.15, 0.2) is 21.3 Å². The Morgan fingerprint density at radius 2 is 2.17 bits per heavy atom. The molecule has 0 aliphatic carbocycles. The maximum absolute atomic E-state index is 12.5. The first-order valence-corrected chi connectivity index (χ1v) is 6.98. The molecule has 0 atom stereocenters. The number of carbonyl (C=O) groups excluding carboxylic acids is 2. The molecular formula is C16H17NO6. The molecule has 0 saturated heterocycles. The second kappa shape index (κ2) is 7.06. The normalized spacial score (nSPS) is 10.7. The van der Waals surface area contributed by atoms with Gasteiger partial charge in [0.2, 0.25) is 5.91 Å². The molecule has 2 N–H and O–H groups in total. The highest BCUT2D eigenvalue weighted by atomic mass is 16.5. The zero-order chi connectivity index (χ0) is 17.0. The molecule has 122 valence electrons. The summed E-state index contributed by atoms with van der Waals surface area (Å²) in [6, 6.07) is 2.62. The molecule has 7 nitrogen and oxygen atoms in total. The Labute approximate surface area is 131 Å². The number of hydrogen-bond acceptors (Lipinski definition) is 6. The van der Waals surface area contributed by atoms with Crippen LogP contribution in [0.3, 0.4) is 0 Å². The van der Waals surface area contributed by atoms with Crippen LogP contribution in [0, 0.1) is 6.92 Å². The van der Waals surface area contributed by atoms with Crippen molar-refractivity contribution < 1.29 is 23.8 Å². The predicted molar refractivity (Wildman–Crippen MR) is 82.9 cm³/mol. The van der Waals surface area contributed by atoms with Crippen LogP contribution in [0.2, 0.25) is 0 Å². The summed E-state index contributed by atoms with van der Waals surface area (Å²) >= 11 is 0. The Bertz CT molecular complexity index is 808. The van der Waals surface area contributed by atoms with Gasteiger partial charge in [0, 0.05) is 19.2 Å². The van der Waals surface area contributed by atoms with Crippen molar-refractivity contribution in [3.63, 3.8) is 0 Å². The minimum absolute atomic E-state index is 0.0195. The second-order valence-electron chi connectivity index (χ2n) is 4.98. The van der Waals surface area contributed by atoms with Crippen molar-refractivity contribution >= 4 is 23.2 Å². The smallest absolute Gasteiger partial charge is 0.224 e. The average Bonchev–Trinajstić information content (AvgIpc) is 2.51. The Morgan fingerprint density at radius 3 is 2.83 bits per heavy atom. The van der Waals surface area contributed by atoms with E-state index >= 15 is 0 Å². The van der Waals surface area contributed by atoms with Crippen molar-refractivity contribution in [3.05, 3.63) is 39.2 Å². The van der Waals surface area contributed by atoms with Gasteiger partial charge in [-0.2, -0.15) is 0 Å². The number of phenolic OH excluding ortho intramolecular Hbond substituents is 1. The zero-order valence-corrected chi connectivity index (χ0v) is 12.8. The third kappa shape index (κ3) is 3.40. The number of carbonyl (C=O) groups is 2. The van der Waals surface area contributed by atoms with Gasteiger partial charge in [0.25, 0.3) is 0 Å². The van der Waals surface area contributed by atoms with E-state index in [-0.39, 0.29) is 45.9 Å². The number of aldehydes is 1. The van der Waals surface area contributed by atoms with Gasteiger partial charge in [-0.1, -0.05) is 0 Å². The highest BCUT2D eigenvalue weighted by molar-refractivity contribution is 5.97. The van der Waals surface area contributed by atoms with Crippen molar-refractivity contribution in [2.24, 2.45) is 0 Å². The van der Waals surface area contributed by atoms with E-state index in [2.05, 4.69) is 5.32 Å². The summed E-state index contributed by atoms with van der Waals surface area (Å²) in [4.78, 5) is 35.5. The maximum atomic E-state index is 12.5. The van der Waals surface area contributed by atoms with Crippen molar-refractivity contribution in [3.8, 4) is 5.75 Å². The minimum Gasteiger partial charge on any atom is -0.507 e. The molecule has 0 unspecified atom stereocenters. The molecule has 0 radical (unpaired) electrons. The van der Waals surface area contributed by atoms with Gasteiger partial charge in [0.1, 0.15) is 11.5 Å². The predicted octanol–water partition coefficient (Wildman–Crippen LogP) is 0.925. The summed E-state index contributed by atoms with van der Waals surface area (Å²) < 4.78 is 10.3. The first-order chi connectivity index (χ1) is 11.0. The van der Waals surface area contributed by atoms with Gasteiger partial charge >= 0.3 is 0 Å². The summed E-state index contributed by atoms with van der Waals surface area (Å²) in [6.45, 7) is 2.26. The van der Waals surface area contributed by atoms with Gasteiger partial charge in [0.15, 0.2) is 17.3 Å². The van der Waals surface area contributed by atoms with Gasteiger partial charge < -0.3 is 19.6 Å². The number of aryl methyl sites for hydroxylation is 1. The fourth-order valence-corrected chi connectivity index (χ4v) is 2.25. The summed E-state index contributed by atoms with van der Waals surface area (Å²) in [7, 11) is 1.52. The van der Waals surface area contributed by atoms with E-state index in [0.29, 0.717) is 19.4 Å². The molecule has 7 heteroatoms. The number of rotatable bonds is 6. The summed E-state index contributed by atoms with van der Waals surface area (Å²) in [5.41, 5.74) is -0.242. The maximum Gasteiger partial charge on any atom is 0.224 e. The third-order valence-corrected chi connectivity index (χ3v) is 3.46. The van der Waals surface area contributed by atoms with Gasteiger partial charge in [0.05, 0.1) is 24.0 Å². The molecule has 1 aromatic heterocycles. The summed E-state index contributed by atoms with van der Waals surface area (Å²) in [6.07, 6.45) is 0.294. The Morgan fingerprint density at radius 1 is 1.43 bits per heavy atom. The molecule has 2 aromatic rings. The highest BCUT2D eigenvalue weighted by Gasteiger charge is 2.18. The number of phenols is 1. The van der Waals surface area contributed by atoms with E-state index in [1.54, 1.807) is 0 Å². The SMILES string of the molecule is COCCNC(=O)Cc1c(C)oc2c(C=O)c(O)ccc2c1=O. The van der Waals surface area contributed by atoms with Crippen molar-refractivity contribution in [1.29, 1.82) is 0 Å². The molecule has 0 saturated carbocycles. The molecule has 2 rings (SSSR count). The number of hydrogen-bond donors (Lipinski definition) is 2. The molecule has 0 aliphatic heterocycles. The lowest BCUT2D eigenvalue weighted by Crippen LogP contribution is -2.30. The quantitative estimate of drug-likeness (QED) is 0.606. The van der Waals surface area contributed by atoms with Gasteiger partial charge in [-0.25, -0.2) is 0 Å². The third-order valence-electron chi connectivity index (χ3n) is 3.46. The van der Waals surface area contributed by atoms with Crippen LogP contribution >= 0.6 is 0 Å². The van der Waals surface area contributed by atoms with Crippen molar-refractivity contribution in [2.45, 2.75) is 13.3 Å². The monoisotopic (exact) mass is 319 g/mol. The topological polar surface area (TPSA) is 106 Å². The molecule has 0 aliphatic rings. The number of fused-ring (bicyclic) bond motifs is 1. The van der Waals surface area contributed by atoms with Crippen LogP contribution in [0.1, 0.15) is 21.7 Å². The van der Waals surface area contributed by atoms with Crippen molar-refractivity contribution in [2.75, 3.05) is 20.3 Å². The molecule has 1 aromatic carbocycles. The van der Waals surface area contributed by atoms with Crippen LogP contribution in [0.5, 0.6) is 5.75 Å². The number of benzene rings is 1. The zero-order valence-electron chi connectivity index (χ0n) is 12.8. The largest absolute Gasteiger partial charge is 0.507 e. The average molecular weight is 319 g/mol. The van der Waals surface area contributed by atoms with Gasteiger partial charge in [-0.3, -0.25) is 14.4 Å². The first kappa shape index (κ1) is 16.7. The molecular weight excluding hydrogens is 302 g/mol. The first-order valence-electron chi connectivity index (χ1n) is 6.98. The number of amides is 1.